The number of ether oxygens (including phenoxy) is 2. The first-order valence-electron chi connectivity index (χ1n) is 6.47. The van der Waals surface area contributed by atoms with Crippen molar-refractivity contribution in [2.75, 3.05) is 13.2 Å². The van der Waals surface area contributed by atoms with Crippen LogP contribution in [0.2, 0.25) is 0 Å². The van der Waals surface area contributed by atoms with Crippen LogP contribution in [0.4, 0.5) is 0 Å². The van der Waals surface area contributed by atoms with Gasteiger partial charge in [0.2, 0.25) is 0 Å². The van der Waals surface area contributed by atoms with E-state index in [9.17, 15) is 4.79 Å². The molecule has 4 heteroatoms. The van der Waals surface area contributed by atoms with Gasteiger partial charge < -0.3 is 15.2 Å². The maximum atomic E-state index is 11.6. The fourth-order valence-electron chi connectivity index (χ4n) is 3.41. The van der Waals surface area contributed by atoms with Crippen LogP contribution in [-0.4, -0.2) is 30.8 Å². The molecule has 17 heavy (non-hydrogen) atoms. The van der Waals surface area contributed by atoms with Crippen LogP contribution >= 0.6 is 0 Å². The summed E-state index contributed by atoms with van der Waals surface area (Å²) in [6.45, 7) is 5.75. The van der Waals surface area contributed by atoms with Crippen molar-refractivity contribution in [3.63, 3.8) is 0 Å². The number of carbonyl (C=O) groups is 1. The minimum Gasteiger partial charge on any atom is -0.349 e. The number of hydrogen-bond acceptors (Lipinski definition) is 4. The first-order chi connectivity index (χ1) is 7.91. The van der Waals surface area contributed by atoms with E-state index in [4.69, 9.17) is 15.2 Å². The third-order valence-electron chi connectivity index (χ3n) is 4.47. The summed E-state index contributed by atoms with van der Waals surface area (Å²) in [6, 6.07) is -0.290. The Labute approximate surface area is 102 Å². The number of carbonyl (C=O) groups excluding carboxylic acids is 1. The highest BCUT2D eigenvalue weighted by molar-refractivity contribution is 5.86. The summed E-state index contributed by atoms with van der Waals surface area (Å²) in [5.41, 5.74) is 6.04. The number of fused-ring (bicyclic) bond motifs is 1. The SMILES string of the molecule is CC1(C)COC2(CC3CC(=O)C(N)C3C2)OC1. The lowest BCUT2D eigenvalue weighted by Crippen LogP contribution is -2.47. The summed E-state index contributed by atoms with van der Waals surface area (Å²) >= 11 is 0. The molecule has 2 saturated carbocycles. The molecule has 2 N–H and O–H groups in total. The van der Waals surface area contributed by atoms with Crippen molar-refractivity contribution >= 4 is 5.78 Å². The van der Waals surface area contributed by atoms with Crippen molar-refractivity contribution in [1.29, 1.82) is 0 Å². The molecule has 0 bridgehead atoms. The van der Waals surface area contributed by atoms with Crippen molar-refractivity contribution in [3.05, 3.63) is 0 Å². The lowest BCUT2D eigenvalue weighted by molar-refractivity contribution is -0.297. The lowest BCUT2D eigenvalue weighted by atomic mass is 9.94. The monoisotopic (exact) mass is 239 g/mol. The van der Waals surface area contributed by atoms with E-state index in [0.717, 1.165) is 26.1 Å². The molecule has 1 aliphatic heterocycles. The second-order valence-electron chi connectivity index (χ2n) is 6.68. The molecule has 3 rings (SSSR count). The van der Waals surface area contributed by atoms with E-state index in [2.05, 4.69) is 13.8 Å². The molecule has 0 aromatic rings. The molecule has 0 aromatic carbocycles. The van der Waals surface area contributed by atoms with E-state index >= 15 is 0 Å². The predicted octanol–water partition coefficient (Wildman–Crippen LogP) is 1.08. The van der Waals surface area contributed by atoms with Crippen LogP contribution in [0, 0.1) is 17.3 Å². The molecular formula is C13H21NO3. The number of ketones is 1. The van der Waals surface area contributed by atoms with Crippen molar-refractivity contribution in [3.8, 4) is 0 Å². The third-order valence-corrected chi connectivity index (χ3v) is 4.47. The zero-order valence-electron chi connectivity index (χ0n) is 10.6. The van der Waals surface area contributed by atoms with Gasteiger partial charge in [-0.25, -0.2) is 0 Å². The molecule has 3 aliphatic rings. The molecule has 1 heterocycles. The van der Waals surface area contributed by atoms with Gasteiger partial charge in [0.25, 0.3) is 0 Å². The van der Waals surface area contributed by atoms with Gasteiger partial charge in [-0.1, -0.05) is 13.8 Å². The number of Topliss-reactive ketones (excluding diaryl/α,β-unsaturated/α-hetero) is 1. The van der Waals surface area contributed by atoms with Crippen molar-refractivity contribution in [2.45, 2.75) is 44.9 Å². The fraction of sp³-hybridized carbons (Fsp3) is 0.923. The van der Waals surface area contributed by atoms with Crippen LogP contribution in [0.15, 0.2) is 0 Å². The Bertz CT molecular complexity index is 343. The normalized spacial score (nSPS) is 43.0. The highest BCUT2D eigenvalue weighted by Crippen LogP contribution is 2.51. The molecule has 3 fully saturated rings. The smallest absolute Gasteiger partial charge is 0.168 e. The largest absolute Gasteiger partial charge is 0.349 e. The van der Waals surface area contributed by atoms with E-state index in [0.29, 0.717) is 12.3 Å². The van der Waals surface area contributed by atoms with E-state index in [1.165, 1.54) is 0 Å². The number of nitrogens with two attached hydrogens (primary N) is 1. The van der Waals surface area contributed by atoms with Gasteiger partial charge in [0.05, 0.1) is 19.3 Å². The average molecular weight is 239 g/mol. The molecule has 1 spiro atoms. The first kappa shape index (κ1) is 11.6. The summed E-state index contributed by atoms with van der Waals surface area (Å²) < 4.78 is 11.9. The van der Waals surface area contributed by atoms with E-state index in [1.54, 1.807) is 0 Å². The summed E-state index contributed by atoms with van der Waals surface area (Å²) in [6.07, 6.45) is 2.25. The zero-order valence-corrected chi connectivity index (χ0v) is 10.6. The van der Waals surface area contributed by atoms with Gasteiger partial charge in [0.15, 0.2) is 5.79 Å². The Morgan fingerprint density at radius 2 is 1.88 bits per heavy atom. The van der Waals surface area contributed by atoms with Crippen molar-refractivity contribution in [2.24, 2.45) is 23.0 Å². The summed E-state index contributed by atoms with van der Waals surface area (Å²) in [7, 11) is 0. The minimum atomic E-state index is -0.441. The third kappa shape index (κ3) is 1.83. The summed E-state index contributed by atoms with van der Waals surface area (Å²) in [5, 5.41) is 0. The quantitative estimate of drug-likeness (QED) is 0.687. The minimum absolute atomic E-state index is 0.0981. The summed E-state index contributed by atoms with van der Waals surface area (Å²) in [5.74, 6) is 0.414. The maximum Gasteiger partial charge on any atom is 0.168 e. The molecule has 0 amide bonds. The summed E-state index contributed by atoms with van der Waals surface area (Å²) in [4.78, 5) is 11.6. The first-order valence-corrected chi connectivity index (χ1v) is 6.47. The fourth-order valence-corrected chi connectivity index (χ4v) is 3.41. The van der Waals surface area contributed by atoms with Gasteiger partial charge in [0.1, 0.15) is 5.78 Å². The Balaban J connectivity index is 1.71. The molecule has 2 aliphatic carbocycles. The van der Waals surface area contributed by atoms with Crippen LogP contribution in [0.3, 0.4) is 0 Å². The van der Waals surface area contributed by atoms with Crippen LogP contribution in [-0.2, 0) is 14.3 Å². The Morgan fingerprint density at radius 3 is 2.47 bits per heavy atom. The standard InChI is InChI=1S/C13H21NO3/c1-12(2)6-16-13(17-7-12)4-8-3-10(15)11(14)9(8)5-13/h8-9,11H,3-7,14H2,1-2H3. The van der Waals surface area contributed by atoms with Gasteiger partial charge in [-0.2, -0.15) is 0 Å². The molecular weight excluding hydrogens is 218 g/mol. The molecule has 3 unspecified atom stereocenters. The Morgan fingerprint density at radius 1 is 1.24 bits per heavy atom. The highest BCUT2D eigenvalue weighted by Gasteiger charge is 2.56. The highest BCUT2D eigenvalue weighted by atomic mass is 16.7. The number of hydrogen-bond donors (Lipinski definition) is 1. The van der Waals surface area contributed by atoms with Crippen molar-refractivity contribution < 1.29 is 14.3 Å². The second-order valence-corrected chi connectivity index (χ2v) is 6.68. The van der Waals surface area contributed by atoms with E-state index in [1.807, 2.05) is 0 Å². The van der Waals surface area contributed by atoms with Crippen LogP contribution in [0.25, 0.3) is 0 Å². The van der Waals surface area contributed by atoms with E-state index < -0.39 is 5.79 Å². The topological polar surface area (TPSA) is 61.5 Å². The van der Waals surface area contributed by atoms with Crippen LogP contribution in [0.5, 0.6) is 0 Å². The van der Waals surface area contributed by atoms with E-state index in [-0.39, 0.29) is 23.2 Å². The lowest BCUT2D eigenvalue weighted by Gasteiger charge is -2.42. The van der Waals surface area contributed by atoms with Gasteiger partial charge in [0, 0.05) is 24.7 Å². The Hall–Kier alpha value is -0.450. The zero-order chi connectivity index (χ0) is 12.3. The van der Waals surface area contributed by atoms with Crippen LogP contribution < -0.4 is 5.73 Å². The number of rotatable bonds is 0. The predicted molar refractivity (Wildman–Crippen MR) is 62.2 cm³/mol. The van der Waals surface area contributed by atoms with Gasteiger partial charge in [-0.05, 0) is 11.8 Å². The molecule has 1 saturated heterocycles. The van der Waals surface area contributed by atoms with Gasteiger partial charge >= 0.3 is 0 Å². The van der Waals surface area contributed by atoms with Gasteiger partial charge in [-0.15, -0.1) is 0 Å². The molecule has 96 valence electrons. The molecule has 3 atom stereocenters. The average Bonchev–Trinajstić information content (AvgIpc) is 2.72. The molecule has 0 radical (unpaired) electrons. The second kappa shape index (κ2) is 3.53. The van der Waals surface area contributed by atoms with Crippen LogP contribution in [0.1, 0.15) is 33.1 Å². The molecule has 0 aromatic heterocycles. The Kier molecular flexibility index (Phi) is 2.41. The van der Waals surface area contributed by atoms with Gasteiger partial charge in [-0.3, -0.25) is 4.79 Å². The molecule has 4 nitrogen and oxygen atoms in total. The maximum absolute atomic E-state index is 11.6. The van der Waals surface area contributed by atoms with Crippen molar-refractivity contribution in [1.82, 2.24) is 0 Å².